The average molecular weight is 661 g/mol. The molecule has 1 heterocycles. The van der Waals surface area contributed by atoms with Gasteiger partial charge in [0.25, 0.3) is 5.56 Å². The van der Waals surface area contributed by atoms with Crippen molar-refractivity contribution in [1.29, 1.82) is 0 Å². The minimum atomic E-state index is -4.95. The summed E-state index contributed by atoms with van der Waals surface area (Å²) < 4.78 is 79.9. The van der Waals surface area contributed by atoms with E-state index in [1.165, 1.54) is 37.1 Å². The van der Waals surface area contributed by atoms with Crippen LogP contribution in [0.1, 0.15) is 28.4 Å². The van der Waals surface area contributed by atoms with Crippen LogP contribution in [0.4, 0.5) is 22.0 Å². The van der Waals surface area contributed by atoms with Gasteiger partial charge < -0.3 is 15.2 Å². The number of nitrogens with zero attached hydrogens (tertiary/aromatic N) is 3. The number of benzene rings is 3. The fraction of sp³-hybridized carbons (Fsp3) is 0.303. The van der Waals surface area contributed by atoms with Gasteiger partial charge in [0.2, 0.25) is 0 Å². The van der Waals surface area contributed by atoms with Crippen molar-refractivity contribution >= 4 is 5.97 Å². The summed E-state index contributed by atoms with van der Waals surface area (Å²) in [5.74, 6) is -3.54. The van der Waals surface area contributed by atoms with E-state index in [0.717, 1.165) is 21.3 Å². The standard InChI is InChI=1S/C33H33F5N4O5/c1-20-29(22-11-7-14-27(30(22)35)47-16-15-40(3)19-28(43)44)31(45)42(18-26(39-2)21-9-5-4-6-10-21)32(46)41(20)17-23-24(33(36,37)38)12-8-13-25(23)34/h4-14,26,39H,15-19H2,1-3H3,(H,43,44)/t26-/m0/s1. The minimum Gasteiger partial charge on any atom is -0.489 e. The van der Waals surface area contributed by atoms with Gasteiger partial charge in [0.1, 0.15) is 12.4 Å². The zero-order valence-electron chi connectivity index (χ0n) is 25.8. The zero-order valence-corrected chi connectivity index (χ0v) is 25.8. The van der Waals surface area contributed by atoms with Crippen LogP contribution in [0.3, 0.4) is 0 Å². The predicted octanol–water partition coefficient (Wildman–Crippen LogP) is 4.69. The molecule has 4 rings (SSSR count). The highest BCUT2D eigenvalue weighted by molar-refractivity contribution is 5.69. The second-order valence-electron chi connectivity index (χ2n) is 10.9. The molecule has 47 heavy (non-hydrogen) atoms. The highest BCUT2D eigenvalue weighted by Crippen LogP contribution is 2.34. The number of carboxylic acids is 1. The van der Waals surface area contributed by atoms with Crippen molar-refractivity contribution in [2.45, 2.75) is 32.2 Å². The van der Waals surface area contributed by atoms with Crippen molar-refractivity contribution in [1.82, 2.24) is 19.4 Å². The van der Waals surface area contributed by atoms with Crippen LogP contribution in [0, 0.1) is 18.6 Å². The summed E-state index contributed by atoms with van der Waals surface area (Å²) in [6.07, 6.45) is -4.95. The molecule has 0 bridgehead atoms. The highest BCUT2D eigenvalue weighted by Gasteiger charge is 2.35. The number of halogens is 5. The van der Waals surface area contributed by atoms with E-state index in [0.29, 0.717) is 11.6 Å². The Kier molecular flexibility index (Phi) is 11.0. The van der Waals surface area contributed by atoms with Gasteiger partial charge >= 0.3 is 17.8 Å². The van der Waals surface area contributed by atoms with Crippen LogP contribution in [0.15, 0.2) is 76.3 Å². The summed E-state index contributed by atoms with van der Waals surface area (Å²) in [7, 11) is 3.13. The first-order valence-electron chi connectivity index (χ1n) is 14.5. The fourth-order valence-electron chi connectivity index (χ4n) is 5.27. The Hall–Kier alpha value is -4.82. The summed E-state index contributed by atoms with van der Waals surface area (Å²) in [4.78, 5) is 40.3. The van der Waals surface area contributed by atoms with Crippen LogP contribution in [0.2, 0.25) is 0 Å². The number of hydrogen-bond acceptors (Lipinski definition) is 6. The molecule has 4 aromatic rings. The second-order valence-corrected chi connectivity index (χ2v) is 10.9. The topological polar surface area (TPSA) is 106 Å². The maximum absolute atomic E-state index is 16.0. The van der Waals surface area contributed by atoms with Crippen LogP contribution < -0.4 is 21.3 Å². The van der Waals surface area contributed by atoms with Crippen molar-refractivity contribution in [3.05, 3.63) is 122 Å². The Bertz CT molecular complexity index is 1860. The molecule has 1 atom stereocenters. The first-order chi connectivity index (χ1) is 22.2. The zero-order chi connectivity index (χ0) is 34.5. The summed E-state index contributed by atoms with van der Waals surface area (Å²) >= 11 is 0. The third-order valence-corrected chi connectivity index (χ3v) is 7.71. The maximum atomic E-state index is 16.0. The van der Waals surface area contributed by atoms with Crippen LogP contribution in [-0.4, -0.2) is 58.9 Å². The van der Waals surface area contributed by atoms with E-state index in [9.17, 15) is 31.9 Å². The van der Waals surface area contributed by atoms with Gasteiger partial charge in [-0.15, -0.1) is 0 Å². The Morgan fingerprint density at radius 2 is 1.68 bits per heavy atom. The molecular formula is C33H33F5N4O5. The molecule has 14 heteroatoms. The third kappa shape index (κ3) is 7.95. The van der Waals surface area contributed by atoms with Gasteiger partial charge in [0.05, 0.1) is 36.8 Å². The van der Waals surface area contributed by atoms with Gasteiger partial charge in [-0.2, -0.15) is 13.2 Å². The number of aliphatic carboxylic acids is 1. The molecule has 0 amide bonds. The number of hydrogen-bond donors (Lipinski definition) is 2. The molecule has 0 aliphatic heterocycles. The van der Waals surface area contributed by atoms with E-state index in [2.05, 4.69) is 5.32 Å². The van der Waals surface area contributed by atoms with E-state index < -0.39 is 58.7 Å². The van der Waals surface area contributed by atoms with E-state index >= 15 is 4.39 Å². The molecule has 1 aromatic heterocycles. The number of carbonyl (C=O) groups is 1. The first-order valence-corrected chi connectivity index (χ1v) is 14.5. The molecule has 0 saturated carbocycles. The van der Waals surface area contributed by atoms with Crippen molar-refractivity contribution in [3.8, 4) is 16.9 Å². The van der Waals surface area contributed by atoms with Crippen LogP contribution in [0.5, 0.6) is 5.75 Å². The Morgan fingerprint density at radius 3 is 2.32 bits per heavy atom. The third-order valence-electron chi connectivity index (χ3n) is 7.71. The maximum Gasteiger partial charge on any atom is 0.416 e. The van der Waals surface area contributed by atoms with Crippen molar-refractivity contribution in [2.24, 2.45) is 0 Å². The molecule has 0 unspecified atom stereocenters. The average Bonchev–Trinajstić information content (AvgIpc) is 3.01. The lowest BCUT2D eigenvalue weighted by Crippen LogP contribution is -2.44. The predicted molar refractivity (Wildman–Crippen MR) is 164 cm³/mol. The van der Waals surface area contributed by atoms with Gasteiger partial charge in [-0.1, -0.05) is 48.5 Å². The number of alkyl halides is 3. The largest absolute Gasteiger partial charge is 0.489 e. The second kappa shape index (κ2) is 14.7. The first kappa shape index (κ1) is 35.0. The van der Waals surface area contributed by atoms with Crippen LogP contribution >= 0.6 is 0 Å². The Labute approximate surface area is 266 Å². The van der Waals surface area contributed by atoms with Gasteiger partial charge in [-0.05, 0) is 44.8 Å². The molecule has 2 N–H and O–H groups in total. The van der Waals surface area contributed by atoms with Crippen LogP contribution in [0.25, 0.3) is 11.1 Å². The molecule has 0 spiro atoms. The molecule has 3 aromatic carbocycles. The number of nitrogens with one attached hydrogen (secondary N) is 1. The smallest absolute Gasteiger partial charge is 0.416 e. The van der Waals surface area contributed by atoms with Gasteiger partial charge in [0.15, 0.2) is 11.6 Å². The molecule has 0 fully saturated rings. The highest BCUT2D eigenvalue weighted by atomic mass is 19.4. The molecule has 0 aliphatic rings. The summed E-state index contributed by atoms with van der Waals surface area (Å²) in [6.45, 7) is -0.174. The van der Waals surface area contributed by atoms with Crippen molar-refractivity contribution < 1.29 is 36.6 Å². The number of aromatic nitrogens is 2. The van der Waals surface area contributed by atoms with Gasteiger partial charge in [-0.3, -0.25) is 23.6 Å². The van der Waals surface area contributed by atoms with Gasteiger partial charge in [-0.25, -0.2) is 13.6 Å². The quantitative estimate of drug-likeness (QED) is 0.201. The molecule has 9 nitrogen and oxygen atoms in total. The number of likely N-dealkylation sites (N-methyl/N-ethyl adjacent to an activating group) is 2. The molecule has 0 saturated heterocycles. The van der Waals surface area contributed by atoms with E-state index in [1.807, 2.05) is 0 Å². The molecular weight excluding hydrogens is 627 g/mol. The monoisotopic (exact) mass is 660 g/mol. The summed E-state index contributed by atoms with van der Waals surface area (Å²) in [5, 5.41) is 12.0. The van der Waals surface area contributed by atoms with Gasteiger partial charge in [0, 0.05) is 23.4 Å². The van der Waals surface area contributed by atoms with Crippen LogP contribution in [-0.2, 0) is 24.1 Å². The Morgan fingerprint density at radius 1 is 1.00 bits per heavy atom. The SMILES string of the molecule is CN[C@@H](Cn1c(=O)c(-c2cccc(OCCN(C)CC(=O)O)c2F)c(C)n(Cc2c(F)cccc2C(F)(F)F)c1=O)c1ccccc1. The van der Waals surface area contributed by atoms with E-state index in [1.54, 1.807) is 37.4 Å². The fourth-order valence-corrected chi connectivity index (χ4v) is 5.27. The number of rotatable bonds is 13. The molecule has 250 valence electrons. The number of carboxylic acid groups (broad SMARTS) is 1. The molecule has 0 aliphatic carbocycles. The number of ether oxygens (including phenoxy) is 1. The summed E-state index contributed by atoms with van der Waals surface area (Å²) in [5.41, 5.74) is -4.17. The van der Waals surface area contributed by atoms with Crippen molar-refractivity contribution in [2.75, 3.05) is 33.8 Å². The van der Waals surface area contributed by atoms with Crippen molar-refractivity contribution in [3.63, 3.8) is 0 Å². The lowest BCUT2D eigenvalue weighted by atomic mass is 10.0. The molecule has 0 radical (unpaired) electrons. The Balaban J connectivity index is 1.89. The minimum absolute atomic E-state index is 0.110. The van der Waals surface area contributed by atoms with E-state index in [4.69, 9.17) is 9.84 Å². The lowest BCUT2D eigenvalue weighted by molar-refractivity contribution is -0.139. The lowest BCUT2D eigenvalue weighted by Gasteiger charge is -2.23. The summed E-state index contributed by atoms with van der Waals surface area (Å²) in [6, 6.07) is 14.5. The normalized spacial score (nSPS) is 12.4. The van der Waals surface area contributed by atoms with E-state index in [-0.39, 0.29) is 48.8 Å².